The number of aryl methyl sites for hydroxylation is 1. The van der Waals surface area contributed by atoms with Crippen LogP contribution in [-0.2, 0) is 13.6 Å². The second-order valence-electron chi connectivity index (χ2n) is 3.08. The van der Waals surface area contributed by atoms with Gasteiger partial charge in [-0.2, -0.15) is 4.39 Å². The van der Waals surface area contributed by atoms with Gasteiger partial charge in [0.15, 0.2) is 0 Å². The number of aromatic nitrogens is 4. The number of nitrogens with zero attached hydrogens (tertiary/aromatic N) is 4. The van der Waals surface area contributed by atoms with E-state index in [0.717, 1.165) is 5.69 Å². The molecular weight excluding hydrogens is 197 g/mol. The summed E-state index contributed by atoms with van der Waals surface area (Å²) in [7, 11) is 1.79. The van der Waals surface area contributed by atoms with E-state index in [1.54, 1.807) is 30.1 Å². The van der Waals surface area contributed by atoms with Gasteiger partial charge in [0.25, 0.3) is 0 Å². The predicted molar refractivity (Wildman–Crippen MR) is 52.5 cm³/mol. The molecule has 5 nitrogen and oxygen atoms in total. The molecule has 0 aromatic carbocycles. The van der Waals surface area contributed by atoms with E-state index in [1.807, 2.05) is 0 Å². The first-order valence-electron chi connectivity index (χ1n) is 4.46. The average molecular weight is 207 g/mol. The smallest absolute Gasteiger partial charge is 0.214 e. The molecule has 15 heavy (non-hydrogen) atoms. The van der Waals surface area contributed by atoms with E-state index in [-0.39, 0.29) is 0 Å². The lowest BCUT2D eigenvalue weighted by atomic mass is 10.4. The summed E-state index contributed by atoms with van der Waals surface area (Å²) in [5.41, 5.74) is 0.781. The van der Waals surface area contributed by atoms with Gasteiger partial charge >= 0.3 is 0 Å². The van der Waals surface area contributed by atoms with Crippen LogP contribution in [0.4, 0.5) is 10.2 Å². The summed E-state index contributed by atoms with van der Waals surface area (Å²) in [4.78, 5) is 3.66. The molecule has 0 spiro atoms. The Morgan fingerprint density at radius 3 is 3.00 bits per heavy atom. The molecule has 2 heterocycles. The van der Waals surface area contributed by atoms with Gasteiger partial charge in [-0.25, -0.2) is 4.98 Å². The normalized spacial score (nSPS) is 10.3. The fourth-order valence-corrected chi connectivity index (χ4v) is 1.16. The minimum Gasteiger partial charge on any atom is -0.364 e. The molecule has 0 atom stereocenters. The summed E-state index contributed by atoms with van der Waals surface area (Å²) in [5, 5.41) is 10.6. The quantitative estimate of drug-likeness (QED) is 0.762. The van der Waals surface area contributed by atoms with Crippen LogP contribution in [0.3, 0.4) is 0 Å². The molecule has 78 valence electrons. The van der Waals surface area contributed by atoms with Gasteiger partial charge in [-0.3, -0.25) is 4.68 Å². The van der Waals surface area contributed by atoms with Gasteiger partial charge in [0.05, 0.1) is 6.54 Å². The fourth-order valence-electron chi connectivity index (χ4n) is 1.16. The Balaban J connectivity index is 1.99. The third-order valence-corrected chi connectivity index (χ3v) is 1.82. The highest BCUT2D eigenvalue weighted by Crippen LogP contribution is 2.04. The number of halogens is 1. The lowest BCUT2D eigenvalue weighted by molar-refractivity contribution is 0.585. The third kappa shape index (κ3) is 2.49. The van der Waals surface area contributed by atoms with Crippen molar-refractivity contribution in [2.45, 2.75) is 6.54 Å². The summed E-state index contributed by atoms with van der Waals surface area (Å²) in [6.07, 6.45) is 1.78. The summed E-state index contributed by atoms with van der Waals surface area (Å²) >= 11 is 0. The molecule has 0 fully saturated rings. The molecule has 0 amide bonds. The van der Waals surface area contributed by atoms with Crippen LogP contribution in [0, 0.1) is 5.95 Å². The molecule has 0 unspecified atom stereocenters. The van der Waals surface area contributed by atoms with Crippen LogP contribution < -0.4 is 5.32 Å². The highest BCUT2D eigenvalue weighted by Gasteiger charge is 1.99. The monoisotopic (exact) mass is 207 g/mol. The largest absolute Gasteiger partial charge is 0.364 e. The molecule has 0 saturated carbocycles. The van der Waals surface area contributed by atoms with Gasteiger partial charge in [-0.1, -0.05) is 11.3 Å². The zero-order valence-electron chi connectivity index (χ0n) is 8.18. The Labute approximate surface area is 85.9 Å². The minimum absolute atomic E-state index is 0.476. The van der Waals surface area contributed by atoms with Crippen LogP contribution in [0.2, 0.25) is 0 Å². The van der Waals surface area contributed by atoms with Gasteiger partial charge in [-0.05, 0) is 12.1 Å². The van der Waals surface area contributed by atoms with Gasteiger partial charge in [0.2, 0.25) is 5.95 Å². The van der Waals surface area contributed by atoms with E-state index >= 15 is 0 Å². The van der Waals surface area contributed by atoms with Crippen molar-refractivity contribution in [3.05, 3.63) is 36.0 Å². The number of pyridine rings is 1. The van der Waals surface area contributed by atoms with Crippen LogP contribution in [0.25, 0.3) is 0 Å². The van der Waals surface area contributed by atoms with Crippen molar-refractivity contribution in [2.75, 3.05) is 5.32 Å². The molecule has 0 aliphatic heterocycles. The number of rotatable bonds is 3. The lowest BCUT2D eigenvalue weighted by Gasteiger charge is -2.01. The Hall–Kier alpha value is -1.98. The molecule has 0 aliphatic rings. The molecule has 2 rings (SSSR count). The Morgan fingerprint density at radius 2 is 2.33 bits per heavy atom. The van der Waals surface area contributed by atoms with E-state index in [0.29, 0.717) is 12.4 Å². The maximum Gasteiger partial charge on any atom is 0.214 e. The summed E-state index contributed by atoms with van der Waals surface area (Å²) in [5.74, 6) is -0.0141. The molecule has 6 heteroatoms. The van der Waals surface area contributed by atoms with Crippen molar-refractivity contribution in [1.29, 1.82) is 0 Å². The standard InChI is InChI=1S/C9H10FN5/c1-15-6-7(13-14-15)5-11-9-4-2-3-8(10)12-9/h2-4,6H,5H2,1H3,(H,11,12). The van der Waals surface area contributed by atoms with Crippen molar-refractivity contribution in [1.82, 2.24) is 20.0 Å². The lowest BCUT2D eigenvalue weighted by Crippen LogP contribution is -2.02. The second-order valence-corrected chi connectivity index (χ2v) is 3.08. The third-order valence-electron chi connectivity index (χ3n) is 1.82. The molecule has 0 aliphatic carbocycles. The Kier molecular flexibility index (Phi) is 2.57. The summed E-state index contributed by atoms with van der Waals surface area (Å²) in [6.45, 7) is 0.476. The van der Waals surface area contributed by atoms with Gasteiger partial charge in [-0.15, -0.1) is 5.10 Å². The Morgan fingerprint density at radius 1 is 1.47 bits per heavy atom. The summed E-state index contributed by atoms with van der Waals surface area (Å²) < 4.78 is 14.3. The molecule has 2 aromatic rings. The first kappa shape index (κ1) is 9.57. The topological polar surface area (TPSA) is 55.6 Å². The predicted octanol–water partition coefficient (Wildman–Crippen LogP) is 0.961. The van der Waals surface area contributed by atoms with E-state index in [1.165, 1.54) is 6.07 Å². The van der Waals surface area contributed by atoms with Crippen molar-refractivity contribution in [3.63, 3.8) is 0 Å². The van der Waals surface area contributed by atoms with E-state index < -0.39 is 5.95 Å². The minimum atomic E-state index is -0.501. The molecule has 2 aromatic heterocycles. The van der Waals surface area contributed by atoms with Crippen molar-refractivity contribution in [3.8, 4) is 0 Å². The van der Waals surface area contributed by atoms with Gasteiger partial charge < -0.3 is 5.32 Å². The maximum atomic E-state index is 12.7. The number of hydrogen-bond donors (Lipinski definition) is 1. The molecule has 0 radical (unpaired) electrons. The van der Waals surface area contributed by atoms with E-state index in [2.05, 4.69) is 20.6 Å². The summed E-state index contributed by atoms with van der Waals surface area (Å²) in [6, 6.07) is 4.59. The van der Waals surface area contributed by atoms with Crippen molar-refractivity contribution in [2.24, 2.45) is 7.05 Å². The van der Waals surface area contributed by atoms with Crippen LogP contribution in [0.15, 0.2) is 24.4 Å². The molecule has 1 N–H and O–H groups in total. The zero-order valence-corrected chi connectivity index (χ0v) is 8.18. The first-order chi connectivity index (χ1) is 7.24. The van der Waals surface area contributed by atoms with Crippen molar-refractivity contribution < 1.29 is 4.39 Å². The van der Waals surface area contributed by atoms with E-state index in [9.17, 15) is 4.39 Å². The number of hydrogen-bond acceptors (Lipinski definition) is 4. The molecule has 0 bridgehead atoms. The van der Waals surface area contributed by atoms with Crippen LogP contribution in [0.1, 0.15) is 5.69 Å². The van der Waals surface area contributed by atoms with Crippen LogP contribution in [-0.4, -0.2) is 20.0 Å². The van der Waals surface area contributed by atoms with Crippen LogP contribution >= 0.6 is 0 Å². The van der Waals surface area contributed by atoms with Gasteiger partial charge in [0, 0.05) is 13.2 Å². The number of nitrogens with one attached hydrogen (secondary N) is 1. The van der Waals surface area contributed by atoms with Gasteiger partial charge in [0.1, 0.15) is 11.5 Å². The highest BCUT2D eigenvalue weighted by atomic mass is 19.1. The van der Waals surface area contributed by atoms with E-state index in [4.69, 9.17) is 0 Å². The second kappa shape index (κ2) is 4.04. The van der Waals surface area contributed by atoms with Crippen molar-refractivity contribution >= 4 is 5.82 Å². The molecule has 0 saturated heterocycles. The first-order valence-corrected chi connectivity index (χ1v) is 4.46. The maximum absolute atomic E-state index is 12.7. The Bertz CT molecular complexity index is 453. The molecular formula is C9H10FN5. The SMILES string of the molecule is Cn1cc(CNc2cccc(F)n2)nn1. The zero-order chi connectivity index (χ0) is 10.7. The average Bonchev–Trinajstić information content (AvgIpc) is 2.62. The fraction of sp³-hybridized carbons (Fsp3) is 0.222. The number of anilines is 1. The van der Waals surface area contributed by atoms with Crippen LogP contribution in [0.5, 0.6) is 0 Å². The highest BCUT2D eigenvalue weighted by molar-refractivity contribution is 5.33.